The highest BCUT2D eigenvalue weighted by Crippen LogP contribution is 2.14. The second-order valence-electron chi connectivity index (χ2n) is 3.54. The maximum Gasteiger partial charge on any atom is 0.0945 e. The predicted octanol–water partition coefficient (Wildman–Crippen LogP) is 2.54. The molecule has 0 fully saturated rings. The van der Waals surface area contributed by atoms with Gasteiger partial charge in [0.1, 0.15) is 0 Å². The van der Waals surface area contributed by atoms with E-state index in [9.17, 15) is 0 Å². The van der Waals surface area contributed by atoms with Gasteiger partial charge in [0.15, 0.2) is 0 Å². The van der Waals surface area contributed by atoms with Crippen molar-refractivity contribution in [1.29, 1.82) is 0 Å². The van der Waals surface area contributed by atoms with Crippen LogP contribution in [0, 0.1) is 0 Å². The number of benzene rings is 2. The third-order valence-electron chi connectivity index (χ3n) is 2.26. The van der Waals surface area contributed by atoms with E-state index in [1.54, 1.807) is 6.21 Å². The van der Waals surface area contributed by atoms with Gasteiger partial charge in [0.05, 0.1) is 11.5 Å². The molecule has 0 heterocycles. The first-order valence-corrected chi connectivity index (χ1v) is 5.43. The van der Waals surface area contributed by atoms with E-state index in [0.717, 1.165) is 5.56 Å². The van der Waals surface area contributed by atoms with Gasteiger partial charge in [-0.25, -0.2) is 0 Å². The molecule has 80 valence electrons. The highest BCUT2D eigenvalue weighted by Gasteiger charge is 1.93. The van der Waals surface area contributed by atoms with Crippen LogP contribution in [0.4, 0.5) is 0 Å². The zero-order valence-corrected chi connectivity index (χ0v) is 9.58. The van der Waals surface area contributed by atoms with Crippen LogP contribution in [0.25, 0.3) is 10.8 Å². The van der Waals surface area contributed by atoms with E-state index in [2.05, 4.69) is 29.3 Å². The molecular weight excluding hydrogens is 216 g/mol. The first-order chi connectivity index (χ1) is 7.75. The molecule has 2 aromatic rings. The van der Waals surface area contributed by atoms with Gasteiger partial charge in [0.2, 0.25) is 0 Å². The lowest BCUT2D eigenvalue weighted by atomic mass is 10.1. The molecule has 2 rings (SSSR count). The fourth-order valence-electron chi connectivity index (χ4n) is 1.53. The van der Waals surface area contributed by atoms with E-state index in [-0.39, 0.29) is 0 Å². The number of aliphatic imine (C=N–C) groups is 1. The molecule has 0 aromatic heterocycles. The number of thiocarbonyl (C=S) groups is 1. The number of hydrogen-bond donors (Lipinski definition) is 1. The smallest absolute Gasteiger partial charge is 0.0945 e. The Balaban J connectivity index is 2.26. The number of fused-ring (bicyclic) bond motifs is 1. The van der Waals surface area contributed by atoms with E-state index in [4.69, 9.17) is 18.0 Å². The lowest BCUT2D eigenvalue weighted by Gasteiger charge is -1.98. The van der Waals surface area contributed by atoms with Crippen molar-refractivity contribution in [2.45, 2.75) is 0 Å². The van der Waals surface area contributed by atoms with Crippen LogP contribution >= 0.6 is 12.2 Å². The molecule has 0 atom stereocenters. The first-order valence-electron chi connectivity index (χ1n) is 5.02. The van der Waals surface area contributed by atoms with Crippen LogP contribution in [0.3, 0.4) is 0 Å². The summed E-state index contributed by atoms with van der Waals surface area (Å²) in [4.78, 5) is 4.57. The Bertz CT molecular complexity index is 546. The molecule has 2 N–H and O–H groups in total. The third-order valence-corrected chi connectivity index (χ3v) is 2.39. The number of rotatable bonds is 3. The van der Waals surface area contributed by atoms with Crippen LogP contribution in [-0.4, -0.2) is 17.7 Å². The van der Waals surface area contributed by atoms with Gasteiger partial charge in [-0.2, -0.15) is 0 Å². The van der Waals surface area contributed by atoms with E-state index < -0.39 is 0 Å². The molecule has 0 saturated heterocycles. The minimum absolute atomic E-state index is 0.405. The highest BCUT2D eigenvalue weighted by atomic mass is 32.1. The van der Waals surface area contributed by atoms with E-state index in [0.29, 0.717) is 11.5 Å². The molecule has 0 unspecified atom stereocenters. The van der Waals surface area contributed by atoms with Gasteiger partial charge < -0.3 is 5.73 Å². The molecule has 0 aliphatic carbocycles. The summed E-state index contributed by atoms with van der Waals surface area (Å²) in [5.74, 6) is 0. The van der Waals surface area contributed by atoms with Crippen molar-refractivity contribution in [2.75, 3.05) is 6.54 Å². The Labute approximate surface area is 99.8 Å². The SMILES string of the molecule is NC(=S)CN=Cc1ccc2ccccc2c1. The molecule has 0 radical (unpaired) electrons. The molecule has 0 aliphatic heterocycles. The van der Waals surface area contributed by atoms with Gasteiger partial charge in [0.25, 0.3) is 0 Å². The third kappa shape index (κ3) is 2.64. The standard InChI is InChI=1S/C13H12N2S/c14-13(16)9-15-8-10-5-6-11-3-1-2-4-12(11)7-10/h1-8H,9H2,(H2,14,16). The number of hydrogen-bond acceptors (Lipinski definition) is 2. The molecule has 2 nitrogen and oxygen atoms in total. The van der Waals surface area contributed by atoms with Crippen LogP contribution in [0.2, 0.25) is 0 Å². The van der Waals surface area contributed by atoms with Crippen molar-refractivity contribution >= 4 is 34.2 Å². The minimum Gasteiger partial charge on any atom is -0.392 e. The number of nitrogens with two attached hydrogens (primary N) is 1. The second-order valence-corrected chi connectivity index (χ2v) is 4.07. The largest absolute Gasteiger partial charge is 0.392 e. The quantitative estimate of drug-likeness (QED) is 0.647. The van der Waals surface area contributed by atoms with Gasteiger partial charge in [0, 0.05) is 6.21 Å². The number of nitrogens with zero attached hydrogens (tertiary/aromatic N) is 1. The average Bonchev–Trinajstić information content (AvgIpc) is 2.28. The van der Waals surface area contributed by atoms with Crippen molar-refractivity contribution in [3.63, 3.8) is 0 Å². The molecule has 0 saturated carbocycles. The lowest BCUT2D eigenvalue weighted by Crippen LogP contribution is -2.11. The zero-order chi connectivity index (χ0) is 11.4. The normalized spacial score (nSPS) is 11.0. The van der Waals surface area contributed by atoms with Crippen LogP contribution in [0.15, 0.2) is 47.5 Å². The van der Waals surface area contributed by atoms with Crippen LogP contribution in [0.1, 0.15) is 5.56 Å². The summed E-state index contributed by atoms with van der Waals surface area (Å²) in [6.07, 6.45) is 1.80. The zero-order valence-electron chi connectivity index (χ0n) is 8.76. The molecule has 0 spiro atoms. The van der Waals surface area contributed by atoms with Crippen LogP contribution in [0.5, 0.6) is 0 Å². The fourth-order valence-corrected chi connectivity index (χ4v) is 1.60. The highest BCUT2D eigenvalue weighted by molar-refractivity contribution is 7.80. The second kappa shape index (κ2) is 4.86. The van der Waals surface area contributed by atoms with Gasteiger partial charge in [-0.1, -0.05) is 48.6 Å². The molecule has 0 amide bonds. The van der Waals surface area contributed by atoms with Crippen LogP contribution in [-0.2, 0) is 0 Å². The minimum atomic E-state index is 0.405. The molecule has 3 heteroatoms. The molecule has 16 heavy (non-hydrogen) atoms. The molecule has 0 bridgehead atoms. The van der Waals surface area contributed by atoms with Gasteiger partial charge in [-0.05, 0) is 22.4 Å². The van der Waals surface area contributed by atoms with E-state index >= 15 is 0 Å². The van der Waals surface area contributed by atoms with Gasteiger partial charge >= 0.3 is 0 Å². The van der Waals surface area contributed by atoms with Crippen molar-refractivity contribution in [1.82, 2.24) is 0 Å². The lowest BCUT2D eigenvalue weighted by molar-refractivity contribution is 1.31. The van der Waals surface area contributed by atoms with Crippen molar-refractivity contribution in [3.05, 3.63) is 48.0 Å². The van der Waals surface area contributed by atoms with E-state index in [1.807, 2.05) is 18.2 Å². The summed E-state index contributed by atoms with van der Waals surface area (Å²) in [5.41, 5.74) is 6.43. The average molecular weight is 228 g/mol. The maximum absolute atomic E-state index is 5.36. The topological polar surface area (TPSA) is 38.4 Å². The Morgan fingerprint density at radius 1 is 1.19 bits per heavy atom. The summed E-state index contributed by atoms with van der Waals surface area (Å²) in [5, 5.41) is 2.44. The predicted molar refractivity (Wildman–Crippen MR) is 73.2 cm³/mol. The monoisotopic (exact) mass is 228 g/mol. The van der Waals surface area contributed by atoms with Gasteiger partial charge in [-0.15, -0.1) is 0 Å². The fraction of sp³-hybridized carbons (Fsp3) is 0.0769. The summed E-state index contributed by atoms with van der Waals surface area (Å²) >= 11 is 4.75. The summed E-state index contributed by atoms with van der Waals surface area (Å²) < 4.78 is 0. The summed E-state index contributed by atoms with van der Waals surface area (Å²) in [7, 11) is 0. The van der Waals surface area contributed by atoms with Crippen molar-refractivity contribution in [2.24, 2.45) is 10.7 Å². The van der Waals surface area contributed by atoms with Crippen molar-refractivity contribution in [3.8, 4) is 0 Å². The molecule has 2 aromatic carbocycles. The maximum atomic E-state index is 5.36. The first kappa shape index (κ1) is 10.8. The Morgan fingerprint density at radius 2 is 1.94 bits per heavy atom. The Hall–Kier alpha value is -1.74. The molecule has 0 aliphatic rings. The van der Waals surface area contributed by atoms with Crippen molar-refractivity contribution < 1.29 is 0 Å². The van der Waals surface area contributed by atoms with Gasteiger partial charge in [-0.3, -0.25) is 4.99 Å². The molecular formula is C13H12N2S. The van der Waals surface area contributed by atoms with Crippen LogP contribution < -0.4 is 5.73 Å². The summed E-state index contributed by atoms with van der Waals surface area (Å²) in [6, 6.07) is 14.4. The van der Waals surface area contributed by atoms with E-state index in [1.165, 1.54) is 10.8 Å². The Kier molecular flexibility index (Phi) is 3.27. The Morgan fingerprint density at radius 3 is 2.69 bits per heavy atom. The summed E-state index contributed by atoms with van der Waals surface area (Å²) in [6.45, 7) is 0.405.